The number of sulfonamides is 1. The molecule has 1 aromatic carbocycles. The van der Waals surface area contributed by atoms with Crippen molar-refractivity contribution < 1.29 is 46.2 Å². The summed E-state index contributed by atoms with van der Waals surface area (Å²) >= 11 is 1.46. The van der Waals surface area contributed by atoms with Crippen molar-refractivity contribution in [3.8, 4) is 22.2 Å². The molecule has 1 saturated heterocycles. The van der Waals surface area contributed by atoms with E-state index in [0.29, 0.717) is 76.4 Å². The first-order chi connectivity index (χ1) is 30.3. The third-order valence-electron chi connectivity index (χ3n) is 12.9. The van der Waals surface area contributed by atoms with Gasteiger partial charge in [-0.05, 0) is 82.3 Å². The number of methoxy groups -OCH3 is 1. The summed E-state index contributed by atoms with van der Waals surface area (Å²) in [6, 6.07) is 5.11. The maximum Gasteiger partial charge on any atom is 0.408 e. The number of pyridine rings is 1. The van der Waals surface area contributed by atoms with Crippen LogP contribution in [0.1, 0.15) is 109 Å². The van der Waals surface area contributed by atoms with Crippen molar-refractivity contribution in [1.29, 1.82) is 0 Å². The van der Waals surface area contributed by atoms with Crippen LogP contribution in [0.3, 0.4) is 0 Å². The van der Waals surface area contributed by atoms with Gasteiger partial charge in [0.15, 0.2) is 22.7 Å². The van der Waals surface area contributed by atoms with Gasteiger partial charge in [-0.25, -0.2) is 23.2 Å². The standard InChI is InChI=1S/C45H54N6O10S2/c1-25(2)33-24-62-41(47-33)32-21-36(39-37(46-32)30-15-11-17-35(58-3)38(30)61-39)59-28-20-34-40(52)49-45(43(54)50-63(56,57)29-18-19-29)22-26(45)12-7-5-4-6-8-16-31(42(53)51(34)23-28)48-44(55)60-27-13-9-10-14-27/h7,11-12,15,17,21,24-29,31,34H,4-6,8-10,13-14,16,18-20,22-23H2,1-3H3,(H,48,55)(H,49,52)(H,50,54)/t26-,28-,31+,34+,45-/m1/s1. The van der Waals surface area contributed by atoms with E-state index in [2.05, 4.69) is 29.2 Å². The lowest BCUT2D eigenvalue weighted by atomic mass is 10.0. The first-order valence-corrected chi connectivity index (χ1v) is 24.6. The van der Waals surface area contributed by atoms with Crippen LogP contribution >= 0.6 is 11.3 Å². The minimum atomic E-state index is -3.92. The normalized spacial score (nSPS) is 25.9. The molecule has 63 heavy (non-hydrogen) atoms. The van der Waals surface area contributed by atoms with Crippen molar-refractivity contribution >= 4 is 67.2 Å². The Morgan fingerprint density at radius 1 is 1.00 bits per heavy atom. The number of nitrogens with zero attached hydrogens (tertiary/aromatic N) is 3. The predicted molar refractivity (Wildman–Crippen MR) is 235 cm³/mol. The Morgan fingerprint density at radius 2 is 1.79 bits per heavy atom. The number of furan rings is 1. The molecule has 18 heteroatoms. The average Bonchev–Trinajstić information content (AvgIpc) is 3.89. The van der Waals surface area contributed by atoms with Gasteiger partial charge in [-0.1, -0.05) is 44.9 Å². The van der Waals surface area contributed by atoms with Gasteiger partial charge in [-0.3, -0.25) is 19.1 Å². The molecule has 4 aromatic rings. The number of para-hydroxylation sites is 1. The summed E-state index contributed by atoms with van der Waals surface area (Å²) in [5, 5.41) is 8.49. The van der Waals surface area contributed by atoms with E-state index >= 15 is 0 Å². The average molecular weight is 903 g/mol. The number of benzene rings is 1. The highest BCUT2D eigenvalue weighted by Crippen LogP contribution is 2.47. The molecule has 4 amide bonds. The van der Waals surface area contributed by atoms with Crippen molar-refractivity contribution in [3.05, 3.63) is 47.5 Å². The molecule has 5 atom stereocenters. The van der Waals surface area contributed by atoms with Crippen LogP contribution in [0.4, 0.5) is 4.79 Å². The quantitative estimate of drug-likeness (QED) is 0.143. The predicted octanol–water partition coefficient (Wildman–Crippen LogP) is 6.63. The molecule has 3 N–H and O–H groups in total. The van der Waals surface area contributed by atoms with Gasteiger partial charge in [-0.2, -0.15) is 0 Å². The SMILES string of the molecule is COc1cccc2c1oc1c(O[C@@H]3C[C@H]4C(=O)N[C@]5(C(=O)NS(=O)(=O)C6CC6)C[C@H]5C=CCCCCC[C@H](NC(=O)OC5CCCC5)C(=O)N4C3)cc(-c3nc(C(C)C)cs3)nc12. The molecule has 336 valence electrons. The molecule has 16 nitrogen and oxygen atoms in total. The first-order valence-electron chi connectivity index (χ1n) is 22.2. The summed E-state index contributed by atoms with van der Waals surface area (Å²) in [7, 11) is -2.37. The number of carbonyl (C=O) groups is 4. The molecule has 4 fully saturated rings. The van der Waals surface area contributed by atoms with E-state index in [1.54, 1.807) is 19.2 Å². The number of alkyl carbamates (subject to hydrolysis) is 1. The highest BCUT2D eigenvalue weighted by atomic mass is 32.2. The van der Waals surface area contributed by atoms with E-state index in [1.165, 1.54) is 16.2 Å². The molecule has 0 bridgehead atoms. The Hall–Kier alpha value is -5.23. The van der Waals surface area contributed by atoms with Crippen LogP contribution in [-0.4, -0.2) is 95.8 Å². The van der Waals surface area contributed by atoms with Gasteiger partial charge in [0.05, 0.1) is 30.0 Å². The van der Waals surface area contributed by atoms with Gasteiger partial charge in [0.25, 0.3) is 5.91 Å². The maximum atomic E-state index is 14.9. The fraction of sp³-hybridized carbons (Fsp3) is 0.556. The zero-order valence-electron chi connectivity index (χ0n) is 35.7. The molecule has 9 rings (SSSR count). The number of amides is 4. The number of allylic oxidation sites excluding steroid dienone is 1. The number of aromatic nitrogens is 2. The van der Waals surface area contributed by atoms with Crippen LogP contribution in [0.5, 0.6) is 11.5 Å². The smallest absolute Gasteiger partial charge is 0.408 e. The molecule has 0 unspecified atom stereocenters. The van der Waals surface area contributed by atoms with Gasteiger partial charge in [0.1, 0.15) is 46.0 Å². The largest absolute Gasteiger partial charge is 0.493 e. The van der Waals surface area contributed by atoms with Crippen LogP contribution in [0.25, 0.3) is 32.8 Å². The summed E-state index contributed by atoms with van der Waals surface area (Å²) in [4.78, 5) is 68.1. The number of fused-ring (bicyclic) bond motifs is 5. The fourth-order valence-electron chi connectivity index (χ4n) is 9.09. The topological polar surface area (TPSA) is 208 Å². The molecule has 0 radical (unpaired) electrons. The monoisotopic (exact) mass is 902 g/mol. The second kappa shape index (κ2) is 17.4. The zero-order chi connectivity index (χ0) is 44.0. The molecular formula is C45H54N6O10S2. The molecule has 5 aliphatic rings. The molecule has 5 heterocycles. The highest BCUT2D eigenvalue weighted by Gasteiger charge is 2.62. The Balaban J connectivity index is 1.07. The molecule has 3 aliphatic carbocycles. The fourth-order valence-corrected chi connectivity index (χ4v) is 11.4. The lowest BCUT2D eigenvalue weighted by molar-refractivity contribution is -0.141. The number of thiazole rings is 1. The van der Waals surface area contributed by atoms with Crippen LogP contribution in [0, 0.1) is 5.92 Å². The van der Waals surface area contributed by atoms with E-state index in [0.717, 1.165) is 44.2 Å². The summed E-state index contributed by atoms with van der Waals surface area (Å²) in [6.45, 7) is 4.08. The van der Waals surface area contributed by atoms with Crippen LogP contribution < -0.4 is 24.8 Å². The lowest BCUT2D eigenvalue weighted by Crippen LogP contribution is -2.58. The Labute approximate surface area is 369 Å². The van der Waals surface area contributed by atoms with Crippen molar-refractivity contribution in [3.63, 3.8) is 0 Å². The number of rotatable bonds is 10. The molecular weight excluding hydrogens is 849 g/mol. The van der Waals surface area contributed by atoms with Crippen molar-refractivity contribution in [1.82, 2.24) is 30.2 Å². The van der Waals surface area contributed by atoms with Crippen LogP contribution in [-0.2, 0) is 29.1 Å². The number of nitrogens with one attached hydrogen (secondary N) is 3. The van der Waals surface area contributed by atoms with Gasteiger partial charge in [0, 0.05) is 23.8 Å². The number of hydrogen-bond acceptors (Lipinski definition) is 13. The van der Waals surface area contributed by atoms with E-state index in [9.17, 15) is 27.6 Å². The first kappa shape index (κ1) is 43.0. The highest BCUT2D eigenvalue weighted by molar-refractivity contribution is 7.91. The van der Waals surface area contributed by atoms with Gasteiger partial charge >= 0.3 is 6.09 Å². The molecule has 3 saturated carbocycles. The Kier molecular flexibility index (Phi) is 11.9. The van der Waals surface area contributed by atoms with Crippen molar-refractivity contribution in [2.24, 2.45) is 5.92 Å². The lowest BCUT2D eigenvalue weighted by Gasteiger charge is -2.30. The maximum absolute atomic E-state index is 14.9. The summed E-state index contributed by atoms with van der Waals surface area (Å²) < 4.78 is 52.8. The summed E-state index contributed by atoms with van der Waals surface area (Å²) in [5.74, 6) is -1.35. The zero-order valence-corrected chi connectivity index (χ0v) is 37.4. The Morgan fingerprint density at radius 3 is 2.54 bits per heavy atom. The van der Waals surface area contributed by atoms with E-state index < -0.39 is 68.7 Å². The second-order valence-electron chi connectivity index (χ2n) is 17.9. The van der Waals surface area contributed by atoms with Gasteiger partial charge in [-0.15, -0.1) is 11.3 Å². The summed E-state index contributed by atoms with van der Waals surface area (Å²) in [6.07, 6.45) is 9.89. The molecule has 0 spiro atoms. The Bertz CT molecular complexity index is 2560. The molecule has 3 aromatic heterocycles. The molecule has 2 aliphatic heterocycles. The summed E-state index contributed by atoms with van der Waals surface area (Å²) in [5.41, 5.74) is 1.27. The van der Waals surface area contributed by atoms with Gasteiger partial charge in [0.2, 0.25) is 21.8 Å². The number of ether oxygens (including phenoxy) is 3. The van der Waals surface area contributed by atoms with E-state index in [4.69, 9.17) is 28.6 Å². The minimum absolute atomic E-state index is 0.00679. The number of carbonyl (C=O) groups excluding carboxylic acids is 4. The number of hydrogen-bond donors (Lipinski definition) is 3. The minimum Gasteiger partial charge on any atom is -0.493 e. The van der Waals surface area contributed by atoms with Crippen LogP contribution in [0.2, 0.25) is 0 Å². The van der Waals surface area contributed by atoms with Gasteiger partial charge < -0.3 is 34.2 Å². The third-order valence-corrected chi connectivity index (χ3v) is 15.6. The van der Waals surface area contributed by atoms with E-state index in [-0.39, 0.29) is 31.4 Å². The van der Waals surface area contributed by atoms with Crippen LogP contribution in [0.15, 0.2) is 46.2 Å². The third kappa shape index (κ3) is 8.84. The second-order valence-corrected chi connectivity index (χ2v) is 20.7. The van der Waals surface area contributed by atoms with Crippen molar-refractivity contribution in [2.75, 3.05) is 13.7 Å². The van der Waals surface area contributed by atoms with Crippen molar-refractivity contribution in [2.45, 2.75) is 138 Å². The van der Waals surface area contributed by atoms with E-state index in [1.807, 2.05) is 29.7 Å².